The molecule has 2 heterocycles. The number of amides is 1. The molecule has 0 spiro atoms. The minimum atomic E-state index is -0.464. The van der Waals surface area contributed by atoms with E-state index in [4.69, 9.17) is 4.74 Å². The Labute approximate surface area is 134 Å². The van der Waals surface area contributed by atoms with Crippen LogP contribution in [-0.4, -0.2) is 34.7 Å². The van der Waals surface area contributed by atoms with Crippen molar-refractivity contribution in [1.82, 2.24) is 10.3 Å². The summed E-state index contributed by atoms with van der Waals surface area (Å²) in [5, 5.41) is 15.2. The van der Waals surface area contributed by atoms with Gasteiger partial charge in [0.25, 0.3) is 0 Å². The fourth-order valence-electron chi connectivity index (χ4n) is 2.39. The van der Waals surface area contributed by atoms with Crippen molar-refractivity contribution in [2.24, 2.45) is 0 Å². The topological polar surface area (TPSA) is 83.5 Å². The van der Waals surface area contributed by atoms with Gasteiger partial charge >= 0.3 is 0 Å². The monoisotopic (exact) mass is 313 g/mol. The molecule has 3 rings (SSSR count). The van der Waals surface area contributed by atoms with E-state index in [2.05, 4.69) is 15.6 Å². The molecule has 6 heteroatoms. The van der Waals surface area contributed by atoms with E-state index >= 15 is 0 Å². The maximum absolute atomic E-state index is 12.0. The van der Waals surface area contributed by atoms with Crippen LogP contribution in [0.25, 0.3) is 0 Å². The number of hydrogen-bond donors (Lipinski definition) is 3. The van der Waals surface area contributed by atoms with Gasteiger partial charge in [-0.2, -0.15) is 0 Å². The van der Waals surface area contributed by atoms with Gasteiger partial charge in [0.15, 0.2) is 0 Å². The number of ether oxygens (including phenoxy) is 1. The van der Waals surface area contributed by atoms with E-state index < -0.39 is 6.10 Å². The zero-order valence-electron chi connectivity index (χ0n) is 12.8. The average molecular weight is 313 g/mol. The molecule has 1 aliphatic heterocycles. The smallest absolute Gasteiger partial charge is 0.241 e. The number of benzene rings is 1. The molecule has 120 valence electrons. The molecule has 2 aromatic rings. The van der Waals surface area contributed by atoms with Crippen molar-refractivity contribution in [3.05, 3.63) is 48.2 Å². The van der Waals surface area contributed by atoms with Gasteiger partial charge in [0.2, 0.25) is 11.8 Å². The van der Waals surface area contributed by atoms with Gasteiger partial charge in [-0.1, -0.05) is 17.7 Å². The Hall–Kier alpha value is -2.44. The Bertz CT molecular complexity index is 670. The summed E-state index contributed by atoms with van der Waals surface area (Å²) in [6, 6.07) is 10.8. The minimum Gasteiger partial charge on any atom is -0.439 e. The van der Waals surface area contributed by atoms with Crippen LogP contribution in [-0.2, 0) is 4.79 Å². The number of aromatic nitrogens is 1. The molecule has 6 nitrogen and oxygen atoms in total. The molecule has 1 aromatic heterocycles. The molecular formula is C17H19N3O3. The SMILES string of the molecule is Cc1ccc(Oc2ccc(NC(=O)C3CC(O)CN3)cn2)cc1. The number of aliphatic hydroxyl groups excluding tert-OH is 1. The zero-order valence-corrected chi connectivity index (χ0v) is 12.8. The van der Waals surface area contributed by atoms with E-state index in [1.807, 2.05) is 31.2 Å². The Morgan fingerprint density at radius 1 is 1.30 bits per heavy atom. The van der Waals surface area contributed by atoms with E-state index in [1.165, 1.54) is 0 Å². The first-order valence-corrected chi connectivity index (χ1v) is 7.53. The molecule has 1 saturated heterocycles. The minimum absolute atomic E-state index is 0.171. The number of carbonyl (C=O) groups excluding carboxylic acids is 1. The number of β-amino-alcohol motifs (C(OH)–C–C–N with tert-alkyl or cyclic N) is 1. The number of anilines is 1. The number of carbonyl (C=O) groups is 1. The van der Waals surface area contributed by atoms with Crippen molar-refractivity contribution in [1.29, 1.82) is 0 Å². The number of aryl methyl sites for hydroxylation is 1. The summed E-state index contributed by atoms with van der Waals surface area (Å²) in [4.78, 5) is 16.2. The van der Waals surface area contributed by atoms with E-state index in [1.54, 1.807) is 18.3 Å². The zero-order chi connectivity index (χ0) is 16.2. The van der Waals surface area contributed by atoms with Gasteiger partial charge in [0, 0.05) is 12.6 Å². The molecule has 1 aromatic carbocycles. The Balaban J connectivity index is 1.58. The Morgan fingerprint density at radius 2 is 2.09 bits per heavy atom. The molecular weight excluding hydrogens is 294 g/mol. The Kier molecular flexibility index (Phi) is 4.55. The van der Waals surface area contributed by atoms with Crippen LogP contribution in [0.1, 0.15) is 12.0 Å². The number of nitrogens with zero attached hydrogens (tertiary/aromatic N) is 1. The van der Waals surface area contributed by atoms with Crippen molar-refractivity contribution in [3.8, 4) is 11.6 Å². The van der Waals surface area contributed by atoms with Gasteiger partial charge in [-0.05, 0) is 31.5 Å². The van der Waals surface area contributed by atoms with E-state index in [0.29, 0.717) is 30.3 Å². The summed E-state index contributed by atoms with van der Waals surface area (Å²) in [6.45, 7) is 2.46. The van der Waals surface area contributed by atoms with Crippen LogP contribution < -0.4 is 15.4 Å². The molecule has 1 amide bonds. The van der Waals surface area contributed by atoms with Gasteiger partial charge in [0.1, 0.15) is 5.75 Å². The van der Waals surface area contributed by atoms with Crippen LogP contribution in [0, 0.1) is 6.92 Å². The normalized spacial score (nSPS) is 20.3. The Morgan fingerprint density at radius 3 is 2.70 bits per heavy atom. The first-order chi connectivity index (χ1) is 11.1. The highest BCUT2D eigenvalue weighted by Gasteiger charge is 2.27. The van der Waals surface area contributed by atoms with Crippen LogP contribution in [0.2, 0.25) is 0 Å². The molecule has 1 fully saturated rings. The van der Waals surface area contributed by atoms with Crippen molar-refractivity contribution < 1.29 is 14.6 Å². The fourth-order valence-corrected chi connectivity index (χ4v) is 2.39. The second-order valence-electron chi connectivity index (χ2n) is 5.64. The quantitative estimate of drug-likeness (QED) is 0.802. The summed E-state index contributed by atoms with van der Waals surface area (Å²) in [5.74, 6) is 1.00. The first kappa shape index (κ1) is 15.5. The predicted octanol–water partition coefficient (Wildman–Crippen LogP) is 1.84. The second kappa shape index (κ2) is 6.76. The molecule has 23 heavy (non-hydrogen) atoms. The molecule has 0 saturated carbocycles. The number of aliphatic hydroxyl groups is 1. The summed E-state index contributed by atoms with van der Waals surface area (Å²) < 4.78 is 5.64. The summed E-state index contributed by atoms with van der Waals surface area (Å²) in [6.07, 6.45) is 1.51. The summed E-state index contributed by atoms with van der Waals surface area (Å²) in [5.41, 5.74) is 1.75. The lowest BCUT2D eigenvalue weighted by Gasteiger charge is -2.11. The van der Waals surface area contributed by atoms with Crippen LogP contribution in [0.5, 0.6) is 11.6 Å². The average Bonchev–Trinajstić information content (AvgIpc) is 2.98. The molecule has 0 bridgehead atoms. The molecule has 3 N–H and O–H groups in total. The third-order valence-electron chi connectivity index (χ3n) is 3.67. The molecule has 2 atom stereocenters. The molecule has 1 aliphatic rings. The number of pyridine rings is 1. The summed E-state index contributed by atoms with van der Waals surface area (Å²) in [7, 11) is 0. The first-order valence-electron chi connectivity index (χ1n) is 7.53. The van der Waals surface area contributed by atoms with E-state index in [-0.39, 0.29) is 11.9 Å². The standard InChI is InChI=1S/C17H19N3O3/c1-11-2-5-14(6-3-11)23-16-7-4-12(9-19-16)20-17(22)15-8-13(21)10-18-15/h2-7,9,13,15,18,21H,8,10H2,1H3,(H,20,22). The highest BCUT2D eigenvalue weighted by molar-refractivity contribution is 5.94. The number of nitrogens with one attached hydrogen (secondary N) is 2. The highest BCUT2D eigenvalue weighted by atomic mass is 16.5. The fraction of sp³-hybridized carbons (Fsp3) is 0.294. The lowest BCUT2D eigenvalue weighted by molar-refractivity contribution is -0.117. The summed E-state index contributed by atoms with van der Waals surface area (Å²) >= 11 is 0. The van der Waals surface area contributed by atoms with Crippen LogP contribution in [0.15, 0.2) is 42.6 Å². The van der Waals surface area contributed by atoms with Crippen molar-refractivity contribution >= 4 is 11.6 Å². The lowest BCUT2D eigenvalue weighted by Crippen LogP contribution is -2.35. The van der Waals surface area contributed by atoms with Gasteiger partial charge in [-0.3, -0.25) is 4.79 Å². The van der Waals surface area contributed by atoms with Gasteiger partial charge in [-0.25, -0.2) is 4.98 Å². The van der Waals surface area contributed by atoms with Crippen molar-refractivity contribution in [2.45, 2.75) is 25.5 Å². The van der Waals surface area contributed by atoms with Crippen LogP contribution in [0.3, 0.4) is 0 Å². The van der Waals surface area contributed by atoms with Crippen LogP contribution >= 0.6 is 0 Å². The van der Waals surface area contributed by atoms with E-state index in [9.17, 15) is 9.90 Å². The van der Waals surface area contributed by atoms with Crippen LogP contribution in [0.4, 0.5) is 5.69 Å². The predicted molar refractivity (Wildman–Crippen MR) is 86.5 cm³/mol. The molecule has 0 radical (unpaired) electrons. The lowest BCUT2D eigenvalue weighted by atomic mass is 10.2. The maximum Gasteiger partial charge on any atom is 0.241 e. The third kappa shape index (κ3) is 4.06. The third-order valence-corrected chi connectivity index (χ3v) is 3.67. The largest absolute Gasteiger partial charge is 0.439 e. The van der Waals surface area contributed by atoms with Gasteiger partial charge in [-0.15, -0.1) is 0 Å². The van der Waals surface area contributed by atoms with Crippen molar-refractivity contribution in [2.75, 3.05) is 11.9 Å². The number of hydrogen-bond acceptors (Lipinski definition) is 5. The van der Waals surface area contributed by atoms with E-state index in [0.717, 1.165) is 5.56 Å². The van der Waals surface area contributed by atoms with Gasteiger partial charge in [0.05, 0.1) is 24.0 Å². The number of rotatable bonds is 4. The molecule has 2 unspecified atom stereocenters. The maximum atomic E-state index is 12.0. The van der Waals surface area contributed by atoms with Crippen molar-refractivity contribution in [3.63, 3.8) is 0 Å². The second-order valence-corrected chi connectivity index (χ2v) is 5.64. The highest BCUT2D eigenvalue weighted by Crippen LogP contribution is 2.21. The molecule has 0 aliphatic carbocycles. The van der Waals surface area contributed by atoms with Gasteiger partial charge < -0.3 is 20.5 Å².